The van der Waals surface area contributed by atoms with Crippen molar-refractivity contribution < 1.29 is 14.7 Å². The highest BCUT2D eigenvalue weighted by Gasteiger charge is 2.31. The number of carbonyl (C=O) groups excluding carboxylic acids is 2. The Morgan fingerprint density at radius 2 is 1.77 bits per heavy atom. The first kappa shape index (κ1) is 22.0. The number of aliphatic hydroxyl groups excluding tert-OH is 1. The zero-order chi connectivity index (χ0) is 21.5. The first-order chi connectivity index (χ1) is 14.5. The van der Waals surface area contributed by atoms with E-state index in [1.165, 1.54) is 5.56 Å². The molecule has 0 saturated carbocycles. The second-order valence-corrected chi connectivity index (χ2v) is 8.25. The normalized spacial score (nSPS) is 16.4. The lowest BCUT2D eigenvalue weighted by atomic mass is 9.95. The van der Waals surface area contributed by atoms with Gasteiger partial charge in [-0.2, -0.15) is 0 Å². The molecule has 1 unspecified atom stereocenters. The number of aryl methyl sites for hydroxylation is 2. The van der Waals surface area contributed by atoms with E-state index in [4.69, 9.17) is 0 Å². The lowest BCUT2D eigenvalue weighted by molar-refractivity contribution is -0.137. The van der Waals surface area contributed by atoms with Crippen molar-refractivity contribution in [2.24, 2.45) is 5.92 Å². The number of piperidine rings is 1. The zero-order valence-corrected chi connectivity index (χ0v) is 18.0. The second-order valence-electron chi connectivity index (χ2n) is 8.25. The SMILES string of the molecule is Cc1cc(C)cc(C(=O)N2CCCC(C(=O)N(CCO)CCc3ccccc3)C2)c1. The number of carbonyl (C=O) groups is 2. The van der Waals surface area contributed by atoms with Crippen molar-refractivity contribution in [1.29, 1.82) is 0 Å². The molecule has 1 fully saturated rings. The lowest BCUT2D eigenvalue weighted by Gasteiger charge is -2.35. The molecule has 2 aromatic carbocycles. The number of likely N-dealkylation sites (tertiary alicyclic amines) is 1. The molecule has 1 aliphatic heterocycles. The van der Waals surface area contributed by atoms with Crippen molar-refractivity contribution in [1.82, 2.24) is 9.80 Å². The molecule has 1 atom stereocenters. The van der Waals surface area contributed by atoms with Crippen LogP contribution in [0.25, 0.3) is 0 Å². The molecule has 1 aliphatic rings. The van der Waals surface area contributed by atoms with Crippen LogP contribution in [0.2, 0.25) is 0 Å². The number of aliphatic hydroxyl groups is 1. The topological polar surface area (TPSA) is 60.9 Å². The van der Waals surface area contributed by atoms with Crippen molar-refractivity contribution in [3.05, 3.63) is 70.8 Å². The minimum absolute atomic E-state index is 0.00251. The van der Waals surface area contributed by atoms with Gasteiger partial charge in [-0.05, 0) is 50.8 Å². The van der Waals surface area contributed by atoms with Crippen molar-refractivity contribution >= 4 is 11.8 Å². The third-order valence-electron chi connectivity index (χ3n) is 5.72. The standard InChI is InChI=1S/C25H32N2O3/c1-19-15-20(2)17-23(16-19)25(30)27-11-6-9-22(18-27)24(29)26(13-14-28)12-10-21-7-4-3-5-8-21/h3-5,7-8,15-17,22,28H,6,9-14,18H2,1-2H3. The molecular formula is C25H32N2O3. The fourth-order valence-electron chi connectivity index (χ4n) is 4.26. The fourth-order valence-corrected chi connectivity index (χ4v) is 4.26. The maximum Gasteiger partial charge on any atom is 0.253 e. The van der Waals surface area contributed by atoms with Gasteiger partial charge in [0, 0.05) is 31.7 Å². The molecule has 0 radical (unpaired) electrons. The number of hydrogen-bond donors (Lipinski definition) is 1. The van der Waals surface area contributed by atoms with Gasteiger partial charge in [0.05, 0.1) is 12.5 Å². The van der Waals surface area contributed by atoms with Crippen LogP contribution in [0.5, 0.6) is 0 Å². The third-order valence-corrected chi connectivity index (χ3v) is 5.72. The fraction of sp³-hybridized carbons (Fsp3) is 0.440. The van der Waals surface area contributed by atoms with E-state index >= 15 is 0 Å². The van der Waals surface area contributed by atoms with E-state index in [0.717, 1.165) is 30.4 Å². The summed E-state index contributed by atoms with van der Waals surface area (Å²) in [5, 5.41) is 9.46. The predicted molar refractivity (Wildman–Crippen MR) is 118 cm³/mol. The Balaban J connectivity index is 1.65. The Hall–Kier alpha value is -2.66. The smallest absolute Gasteiger partial charge is 0.253 e. The molecular weight excluding hydrogens is 376 g/mol. The minimum atomic E-state index is -0.212. The Morgan fingerprint density at radius 1 is 1.07 bits per heavy atom. The highest BCUT2D eigenvalue weighted by Crippen LogP contribution is 2.22. The van der Waals surface area contributed by atoms with Crippen molar-refractivity contribution in [3.8, 4) is 0 Å². The molecule has 2 aromatic rings. The van der Waals surface area contributed by atoms with E-state index in [-0.39, 0.29) is 24.3 Å². The van der Waals surface area contributed by atoms with E-state index in [9.17, 15) is 14.7 Å². The van der Waals surface area contributed by atoms with Crippen molar-refractivity contribution in [2.45, 2.75) is 33.1 Å². The Morgan fingerprint density at radius 3 is 2.43 bits per heavy atom. The maximum absolute atomic E-state index is 13.2. The molecule has 5 nitrogen and oxygen atoms in total. The van der Waals surface area contributed by atoms with Crippen LogP contribution in [0.15, 0.2) is 48.5 Å². The lowest BCUT2D eigenvalue weighted by Crippen LogP contribution is -2.47. The number of rotatable bonds is 7. The Bertz CT molecular complexity index is 846. The molecule has 1 saturated heterocycles. The van der Waals surface area contributed by atoms with E-state index < -0.39 is 0 Å². The van der Waals surface area contributed by atoms with Crippen molar-refractivity contribution in [3.63, 3.8) is 0 Å². The Kier molecular flexibility index (Phi) is 7.63. The van der Waals surface area contributed by atoms with Gasteiger partial charge in [0.2, 0.25) is 5.91 Å². The summed E-state index contributed by atoms with van der Waals surface area (Å²) in [6.45, 7) is 5.95. The van der Waals surface area contributed by atoms with Crippen LogP contribution in [0.3, 0.4) is 0 Å². The molecule has 2 amide bonds. The highest BCUT2D eigenvalue weighted by atomic mass is 16.3. The van der Waals surface area contributed by atoms with Crippen molar-refractivity contribution in [2.75, 3.05) is 32.8 Å². The van der Waals surface area contributed by atoms with Crippen LogP contribution >= 0.6 is 0 Å². The van der Waals surface area contributed by atoms with Gasteiger partial charge >= 0.3 is 0 Å². The van der Waals surface area contributed by atoms with Gasteiger partial charge in [-0.25, -0.2) is 0 Å². The summed E-state index contributed by atoms with van der Waals surface area (Å²) in [5.41, 5.74) is 4.00. The summed E-state index contributed by atoms with van der Waals surface area (Å²) in [7, 11) is 0. The van der Waals surface area contributed by atoms with Crippen LogP contribution in [-0.2, 0) is 11.2 Å². The van der Waals surface area contributed by atoms with Gasteiger partial charge in [-0.15, -0.1) is 0 Å². The molecule has 1 N–H and O–H groups in total. The van der Waals surface area contributed by atoms with Crippen LogP contribution in [-0.4, -0.2) is 59.5 Å². The highest BCUT2D eigenvalue weighted by molar-refractivity contribution is 5.95. The molecule has 160 valence electrons. The third kappa shape index (κ3) is 5.70. The first-order valence-corrected chi connectivity index (χ1v) is 10.8. The van der Waals surface area contributed by atoms with Gasteiger partial charge in [-0.1, -0.05) is 47.5 Å². The molecule has 0 spiro atoms. The summed E-state index contributed by atoms with van der Waals surface area (Å²) in [6, 6.07) is 15.9. The molecule has 0 aliphatic carbocycles. The molecule has 3 rings (SSSR count). The summed E-state index contributed by atoms with van der Waals surface area (Å²) < 4.78 is 0. The predicted octanol–water partition coefficient (Wildman–Crippen LogP) is 3.22. The molecule has 0 aromatic heterocycles. The quantitative estimate of drug-likeness (QED) is 0.765. The number of amides is 2. The van der Waals surface area contributed by atoms with E-state index in [1.54, 1.807) is 4.90 Å². The molecule has 5 heteroatoms. The average molecular weight is 409 g/mol. The monoisotopic (exact) mass is 408 g/mol. The van der Waals surface area contributed by atoms with E-state index in [1.807, 2.05) is 61.2 Å². The summed E-state index contributed by atoms with van der Waals surface area (Å²) in [6.07, 6.45) is 2.35. The largest absolute Gasteiger partial charge is 0.395 e. The summed E-state index contributed by atoms with van der Waals surface area (Å²) >= 11 is 0. The van der Waals surface area contributed by atoms with Gasteiger partial charge < -0.3 is 14.9 Å². The second kappa shape index (κ2) is 10.4. The minimum Gasteiger partial charge on any atom is -0.395 e. The van der Waals surface area contributed by atoms with Crippen LogP contribution < -0.4 is 0 Å². The van der Waals surface area contributed by atoms with E-state index in [0.29, 0.717) is 31.7 Å². The van der Waals surface area contributed by atoms with Crippen LogP contribution in [0, 0.1) is 19.8 Å². The molecule has 30 heavy (non-hydrogen) atoms. The van der Waals surface area contributed by atoms with Crippen LogP contribution in [0.1, 0.15) is 39.9 Å². The zero-order valence-electron chi connectivity index (χ0n) is 18.0. The summed E-state index contributed by atoms with van der Waals surface area (Å²) in [5.74, 6) is -0.175. The van der Waals surface area contributed by atoms with Gasteiger partial charge in [0.25, 0.3) is 5.91 Å². The maximum atomic E-state index is 13.2. The van der Waals surface area contributed by atoms with Gasteiger partial charge in [0.15, 0.2) is 0 Å². The number of benzene rings is 2. The van der Waals surface area contributed by atoms with Gasteiger partial charge in [-0.3, -0.25) is 9.59 Å². The summed E-state index contributed by atoms with van der Waals surface area (Å²) in [4.78, 5) is 29.8. The first-order valence-electron chi connectivity index (χ1n) is 10.8. The number of hydrogen-bond acceptors (Lipinski definition) is 3. The Labute approximate surface area is 179 Å². The molecule has 1 heterocycles. The average Bonchev–Trinajstić information content (AvgIpc) is 2.75. The van der Waals surface area contributed by atoms with Crippen LogP contribution in [0.4, 0.5) is 0 Å². The molecule has 0 bridgehead atoms. The van der Waals surface area contributed by atoms with E-state index in [2.05, 4.69) is 6.07 Å². The van der Waals surface area contributed by atoms with Gasteiger partial charge in [0.1, 0.15) is 0 Å². The number of nitrogens with zero attached hydrogens (tertiary/aromatic N) is 2.